The molecular formula is C7H13F3N2O2. The predicted octanol–water partition coefficient (Wildman–Crippen LogP) is -1.09. The third kappa shape index (κ3) is 2.35. The van der Waals surface area contributed by atoms with Crippen LogP contribution in [-0.2, 0) is 0 Å². The van der Waals surface area contributed by atoms with Crippen molar-refractivity contribution < 1.29 is 23.4 Å². The first-order valence-electron chi connectivity index (χ1n) is 4.23. The summed E-state index contributed by atoms with van der Waals surface area (Å²) < 4.78 is 37.0. The average molecular weight is 214 g/mol. The number of nitrogens with zero attached hydrogens (tertiary/aromatic N) is 1. The van der Waals surface area contributed by atoms with Crippen LogP contribution in [0.1, 0.15) is 0 Å². The number of hydrogen-bond donors (Lipinski definition) is 3. The minimum absolute atomic E-state index is 0.192. The highest BCUT2D eigenvalue weighted by Crippen LogP contribution is 2.26. The number of aliphatic hydroxyl groups excluding tert-OH is 2. The topological polar surface area (TPSA) is 69.7 Å². The van der Waals surface area contributed by atoms with Crippen LogP contribution in [-0.4, -0.2) is 59.2 Å². The van der Waals surface area contributed by atoms with Gasteiger partial charge in [0, 0.05) is 19.6 Å². The molecule has 1 aliphatic heterocycles. The number of likely N-dealkylation sites (tertiary alicyclic amines) is 1. The summed E-state index contributed by atoms with van der Waals surface area (Å²) in [7, 11) is 0. The van der Waals surface area contributed by atoms with E-state index in [1.807, 2.05) is 0 Å². The molecule has 84 valence electrons. The quantitative estimate of drug-likeness (QED) is 0.546. The monoisotopic (exact) mass is 214 g/mol. The summed E-state index contributed by atoms with van der Waals surface area (Å²) in [6.07, 6.45) is -6.66. The molecule has 4 nitrogen and oxygen atoms in total. The summed E-state index contributed by atoms with van der Waals surface area (Å²) in [5.74, 6) is 0. The maximum Gasteiger partial charge on any atom is 0.405 e. The molecule has 7 heteroatoms. The van der Waals surface area contributed by atoms with Crippen LogP contribution >= 0.6 is 0 Å². The largest absolute Gasteiger partial charge is 0.405 e. The Bertz CT molecular complexity index is 190. The highest BCUT2D eigenvalue weighted by atomic mass is 19.4. The fourth-order valence-electron chi connectivity index (χ4n) is 1.54. The number of β-amino-alcohol motifs (C(OH)–C–C–N with tert-alkyl or cyclic N) is 2. The van der Waals surface area contributed by atoms with Crippen molar-refractivity contribution in [2.75, 3.05) is 19.6 Å². The van der Waals surface area contributed by atoms with Crippen molar-refractivity contribution in [3.63, 3.8) is 0 Å². The second kappa shape index (κ2) is 4.01. The molecule has 3 unspecified atom stereocenters. The first kappa shape index (κ1) is 11.7. The molecule has 0 aromatic carbocycles. The number of nitrogens with two attached hydrogens (primary N) is 1. The van der Waals surface area contributed by atoms with Gasteiger partial charge in [-0.3, -0.25) is 4.90 Å². The van der Waals surface area contributed by atoms with E-state index in [9.17, 15) is 13.2 Å². The zero-order chi connectivity index (χ0) is 10.9. The third-order valence-electron chi connectivity index (χ3n) is 2.33. The van der Waals surface area contributed by atoms with Gasteiger partial charge in [-0.2, -0.15) is 13.2 Å². The standard InChI is InChI=1S/C7H13F3N2O2/c8-7(9,10)6(1-11)12-2-4(13)5(14)3-12/h4-6,13-14H,1-3,11H2. The summed E-state index contributed by atoms with van der Waals surface area (Å²) in [6, 6.07) is -1.78. The Morgan fingerprint density at radius 3 is 2.00 bits per heavy atom. The summed E-state index contributed by atoms with van der Waals surface area (Å²) in [5, 5.41) is 18.2. The van der Waals surface area contributed by atoms with Gasteiger partial charge in [0.1, 0.15) is 6.04 Å². The van der Waals surface area contributed by atoms with E-state index in [1.54, 1.807) is 0 Å². The van der Waals surface area contributed by atoms with Crippen LogP contribution in [0.4, 0.5) is 13.2 Å². The molecule has 0 aromatic rings. The van der Waals surface area contributed by atoms with Crippen molar-refractivity contribution in [2.45, 2.75) is 24.4 Å². The molecule has 0 radical (unpaired) electrons. The number of halogens is 3. The van der Waals surface area contributed by atoms with Crippen molar-refractivity contribution in [2.24, 2.45) is 5.73 Å². The van der Waals surface area contributed by atoms with Crippen LogP contribution in [0.25, 0.3) is 0 Å². The summed E-state index contributed by atoms with van der Waals surface area (Å²) >= 11 is 0. The Labute approximate surface area is 79.1 Å². The predicted molar refractivity (Wildman–Crippen MR) is 42.5 cm³/mol. The molecule has 0 amide bonds. The Morgan fingerprint density at radius 2 is 1.71 bits per heavy atom. The van der Waals surface area contributed by atoms with Crippen LogP contribution in [0.5, 0.6) is 0 Å². The summed E-state index contributed by atoms with van der Waals surface area (Å²) in [5.41, 5.74) is 5.00. The normalized spacial score (nSPS) is 32.1. The van der Waals surface area contributed by atoms with Gasteiger partial charge in [0.2, 0.25) is 0 Å². The lowest BCUT2D eigenvalue weighted by Crippen LogP contribution is -2.49. The van der Waals surface area contributed by atoms with Crippen molar-refractivity contribution in [3.05, 3.63) is 0 Å². The molecule has 0 spiro atoms. The molecule has 0 aliphatic carbocycles. The van der Waals surface area contributed by atoms with E-state index in [2.05, 4.69) is 0 Å². The van der Waals surface area contributed by atoms with E-state index in [0.717, 1.165) is 4.90 Å². The van der Waals surface area contributed by atoms with Gasteiger partial charge in [-0.25, -0.2) is 0 Å². The molecule has 0 saturated carbocycles. The maximum atomic E-state index is 12.3. The fourth-order valence-corrected chi connectivity index (χ4v) is 1.54. The van der Waals surface area contributed by atoms with Crippen LogP contribution in [0.15, 0.2) is 0 Å². The second-order valence-electron chi connectivity index (χ2n) is 3.38. The second-order valence-corrected chi connectivity index (χ2v) is 3.38. The van der Waals surface area contributed by atoms with Crippen molar-refractivity contribution in [1.82, 2.24) is 4.90 Å². The Hall–Kier alpha value is -0.370. The van der Waals surface area contributed by atoms with Gasteiger partial charge in [-0.05, 0) is 0 Å². The van der Waals surface area contributed by atoms with Crippen LogP contribution < -0.4 is 5.73 Å². The summed E-state index contributed by atoms with van der Waals surface area (Å²) in [6.45, 7) is -0.950. The average Bonchev–Trinajstić information content (AvgIpc) is 2.30. The number of alkyl halides is 3. The van der Waals surface area contributed by atoms with E-state index < -0.39 is 31.0 Å². The lowest BCUT2D eigenvalue weighted by Gasteiger charge is -2.27. The summed E-state index contributed by atoms with van der Waals surface area (Å²) in [4.78, 5) is 0.954. The molecule has 4 N–H and O–H groups in total. The lowest BCUT2D eigenvalue weighted by atomic mass is 10.2. The first-order valence-corrected chi connectivity index (χ1v) is 4.23. The molecule has 0 aromatic heterocycles. The van der Waals surface area contributed by atoms with Gasteiger partial charge < -0.3 is 15.9 Å². The molecule has 1 rings (SSSR count). The van der Waals surface area contributed by atoms with Gasteiger partial charge in [0.05, 0.1) is 12.2 Å². The van der Waals surface area contributed by atoms with Crippen LogP contribution in [0.2, 0.25) is 0 Å². The molecule has 1 fully saturated rings. The maximum absolute atomic E-state index is 12.3. The molecule has 1 saturated heterocycles. The van der Waals surface area contributed by atoms with E-state index in [4.69, 9.17) is 15.9 Å². The van der Waals surface area contributed by atoms with Crippen LogP contribution in [0.3, 0.4) is 0 Å². The van der Waals surface area contributed by atoms with Gasteiger partial charge in [-0.1, -0.05) is 0 Å². The Kier molecular flexibility index (Phi) is 3.36. The molecular weight excluding hydrogens is 201 g/mol. The smallest absolute Gasteiger partial charge is 0.389 e. The molecule has 1 aliphatic rings. The SMILES string of the molecule is NCC(N1CC(O)C(O)C1)C(F)(F)F. The van der Waals surface area contributed by atoms with Crippen molar-refractivity contribution in [3.8, 4) is 0 Å². The highest BCUT2D eigenvalue weighted by Gasteiger charge is 2.46. The zero-order valence-corrected chi connectivity index (χ0v) is 7.41. The number of aliphatic hydroxyl groups is 2. The molecule has 3 atom stereocenters. The van der Waals surface area contributed by atoms with E-state index in [-0.39, 0.29) is 13.1 Å². The van der Waals surface area contributed by atoms with Crippen molar-refractivity contribution >= 4 is 0 Å². The molecule has 14 heavy (non-hydrogen) atoms. The van der Waals surface area contributed by atoms with Crippen molar-refractivity contribution in [1.29, 1.82) is 0 Å². The fraction of sp³-hybridized carbons (Fsp3) is 1.00. The van der Waals surface area contributed by atoms with Gasteiger partial charge in [0.15, 0.2) is 0 Å². The minimum Gasteiger partial charge on any atom is -0.389 e. The number of rotatable bonds is 2. The molecule has 0 bridgehead atoms. The van der Waals surface area contributed by atoms with E-state index in [1.165, 1.54) is 0 Å². The van der Waals surface area contributed by atoms with Gasteiger partial charge in [0.25, 0.3) is 0 Å². The highest BCUT2D eigenvalue weighted by molar-refractivity contribution is 4.90. The van der Waals surface area contributed by atoms with Crippen LogP contribution in [0, 0.1) is 0 Å². The lowest BCUT2D eigenvalue weighted by molar-refractivity contribution is -0.179. The van der Waals surface area contributed by atoms with E-state index in [0.29, 0.717) is 0 Å². The molecule has 1 heterocycles. The number of hydrogen-bond acceptors (Lipinski definition) is 4. The van der Waals surface area contributed by atoms with Gasteiger partial charge >= 0.3 is 6.18 Å². The third-order valence-corrected chi connectivity index (χ3v) is 2.33. The van der Waals surface area contributed by atoms with Gasteiger partial charge in [-0.15, -0.1) is 0 Å². The first-order chi connectivity index (χ1) is 6.36. The van der Waals surface area contributed by atoms with E-state index >= 15 is 0 Å². The minimum atomic E-state index is -4.42. The zero-order valence-electron chi connectivity index (χ0n) is 7.41. The Balaban J connectivity index is 2.64. The Morgan fingerprint density at radius 1 is 1.29 bits per heavy atom.